The van der Waals surface area contributed by atoms with Crippen molar-refractivity contribution in [3.63, 3.8) is 0 Å². The standard InChI is InChI=1S/C15H24O3/c1-12(8-9-15(3,4)11-16)6-5-7-13(2)10-14(17)18/h7-8,11H,5-6,9-10H2,1-4H3,(H,17,18). The molecule has 18 heavy (non-hydrogen) atoms. The minimum atomic E-state index is -0.788. The molecule has 0 saturated heterocycles. The maximum Gasteiger partial charge on any atom is 0.307 e. The predicted molar refractivity (Wildman–Crippen MR) is 73.5 cm³/mol. The van der Waals surface area contributed by atoms with Gasteiger partial charge in [-0.3, -0.25) is 4.79 Å². The second-order valence-electron chi connectivity index (χ2n) is 5.52. The van der Waals surface area contributed by atoms with Gasteiger partial charge < -0.3 is 9.90 Å². The van der Waals surface area contributed by atoms with E-state index in [9.17, 15) is 9.59 Å². The number of carbonyl (C=O) groups excluding carboxylic acids is 1. The number of carbonyl (C=O) groups is 2. The van der Waals surface area contributed by atoms with Crippen LogP contribution in [0.5, 0.6) is 0 Å². The molecule has 0 aromatic heterocycles. The molecule has 0 aliphatic carbocycles. The van der Waals surface area contributed by atoms with E-state index in [1.807, 2.05) is 33.8 Å². The number of carboxylic acids is 1. The molecule has 0 amide bonds. The SMILES string of the molecule is CC(=CCC(C)(C)C=O)CCC=C(C)CC(=O)O. The number of carboxylic acid groups (broad SMARTS) is 1. The summed E-state index contributed by atoms with van der Waals surface area (Å²) in [5, 5.41) is 8.61. The van der Waals surface area contributed by atoms with Crippen molar-refractivity contribution in [3.05, 3.63) is 23.3 Å². The van der Waals surface area contributed by atoms with Crippen molar-refractivity contribution in [1.82, 2.24) is 0 Å². The van der Waals surface area contributed by atoms with Gasteiger partial charge in [0.05, 0.1) is 6.42 Å². The summed E-state index contributed by atoms with van der Waals surface area (Å²) >= 11 is 0. The van der Waals surface area contributed by atoms with Gasteiger partial charge in [0.25, 0.3) is 0 Å². The largest absolute Gasteiger partial charge is 0.481 e. The third-order valence-corrected chi connectivity index (χ3v) is 2.76. The number of hydrogen-bond acceptors (Lipinski definition) is 2. The second-order valence-corrected chi connectivity index (χ2v) is 5.52. The Morgan fingerprint density at radius 2 is 1.78 bits per heavy atom. The Morgan fingerprint density at radius 3 is 2.28 bits per heavy atom. The van der Waals surface area contributed by atoms with Crippen LogP contribution in [0.2, 0.25) is 0 Å². The van der Waals surface area contributed by atoms with Crippen LogP contribution in [0.4, 0.5) is 0 Å². The Balaban J connectivity index is 4.11. The summed E-state index contributed by atoms with van der Waals surface area (Å²) in [6.45, 7) is 7.71. The van der Waals surface area contributed by atoms with Gasteiger partial charge >= 0.3 is 5.97 Å². The minimum absolute atomic E-state index is 0.112. The van der Waals surface area contributed by atoms with Crippen molar-refractivity contribution in [1.29, 1.82) is 0 Å². The zero-order chi connectivity index (χ0) is 14.2. The zero-order valence-electron chi connectivity index (χ0n) is 11.8. The molecule has 0 aliphatic rings. The number of aldehydes is 1. The average Bonchev–Trinajstić information content (AvgIpc) is 2.25. The van der Waals surface area contributed by atoms with E-state index < -0.39 is 5.97 Å². The summed E-state index contributed by atoms with van der Waals surface area (Å²) in [7, 11) is 0. The molecule has 0 radical (unpaired) electrons. The van der Waals surface area contributed by atoms with E-state index >= 15 is 0 Å². The van der Waals surface area contributed by atoms with Crippen LogP contribution in [-0.2, 0) is 9.59 Å². The lowest BCUT2D eigenvalue weighted by Gasteiger charge is -2.13. The van der Waals surface area contributed by atoms with E-state index in [0.29, 0.717) is 0 Å². The highest BCUT2D eigenvalue weighted by molar-refractivity contribution is 5.69. The molecular weight excluding hydrogens is 228 g/mol. The van der Waals surface area contributed by atoms with Crippen molar-refractivity contribution in [2.75, 3.05) is 0 Å². The van der Waals surface area contributed by atoms with E-state index in [1.54, 1.807) is 0 Å². The first kappa shape index (κ1) is 16.6. The Bertz CT molecular complexity index is 349. The second kappa shape index (κ2) is 7.85. The van der Waals surface area contributed by atoms with Gasteiger partial charge in [-0.1, -0.05) is 37.1 Å². The summed E-state index contributed by atoms with van der Waals surface area (Å²) in [6.07, 6.45) is 7.66. The molecule has 0 aliphatic heterocycles. The van der Waals surface area contributed by atoms with Gasteiger partial charge in [0.15, 0.2) is 0 Å². The Hall–Kier alpha value is -1.38. The van der Waals surface area contributed by atoms with Crippen LogP contribution in [0.3, 0.4) is 0 Å². The molecule has 0 saturated carbocycles. The summed E-state index contributed by atoms with van der Waals surface area (Å²) in [5.41, 5.74) is 1.84. The van der Waals surface area contributed by atoms with E-state index in [4.69, 9.17) is 5.11 Å². The third-order valence-electron chi connectivity index (χ3n) is 2.76. The number of rotatable bonds is 8. The van der Waals surface area contributed by atoms with E-state index in [2.05, 4.69) is 6.08 Å². The highest BCUT2D eigenvalue weighted by Gasteiger charge is 2.13. The van der Waals surface area contributed by atoms with Gasteiger partial charge in [0, 0.05) is 5.41 Å². The highest BCUT2D eigenvalue weighted by Crippen LogP contribution is 2.19. The lowest BCUT2D eigenvalue weighted by molar-refractivity contribution is -0.136. The Labute approximate surface area is 110 Å². The molecule has 1 N–H and O–H groups in total. The molecule has 0 heterocycles. The fourth-order valence-corrected chi connectivity index (χ4v) is 1.44. The maximum absolute atomic E-state index is 10.8. The molecule has 0 aromatic rings. The Morgan fingerprint density at radius 1 is 1.17 bits per heavy atom. The van der Waals surface area contributed by atoms with Crippen molar-refractivity contribution in [2.24, 2.45) is 5.41 Å². The topological polar surface area (TPSA) is 54.4 Å². The molecule has 0 fully saturated rings. The molecule has 102 valence electrons. The van der Waals surface area contributed by atoms with Crippen molar-refractivity contribution >= 4 is 12.3 Å². The van der Waals surface area contributed by atoms with Gasteiger partial charge in [0.1, 0.15) is 6.29 Å². The normalized spacial score (nSPS) is 13.6. The summed E-state index contributed by atoms with van der Waals surface area (Å²) in [5.74, 6) is -0.788. The van der Waals surface area contributed by atoms with Gasteiger partial charge in [-0.2, -0.15) is 0 Å². The number of aliphatic carboxylic acids is 1. The molecular formula is C15H24O3. The lowest BCUT2D eigenvalue weighted by Crippen LogP contribution is -2.11. The highest BCUT2D eigenvalue weighted by atomic mass is 16.4. The smallest absolute Gasteiger partial charge is 0.307 e. The fourth-order valence-electron chi connectivity index (χ4n) is 1.44. The van der Waals surface area contributed by atoms with Crippen LogP contribution in [0.25, 0.3) is 0 Å². The van der Waals surface area contributed by atoms with E-state index in [-0.39, 0.29) is 11.8 Å². The molecule has 3 heteroatoms. The Kier molecular flexibility index (Phi) is 7.25. The molecule has 0 aromatic carbocycles. The van der Waals surface area contributed by atoms with Crippen molar-refractivity contribution in [3.8, 4) is 0 Å². The van der Waals surface area contributed by atoms with Crippen LogP contribution in [0.1, 0.15) is 53.4 Å². The van der Waals surface area contributed by atoms with Gasteiger partial charge in [-0.05, 0) is 33.1 Å². The molecule has 3 nitrogen and oxygen atoms in total. The van der Waals surface area contributed by atoms with Gasteiger partial charge in [-0.25, -0.2) is 0 Å². The quantitative estimate of drug-likeness (QED) is 0.528. The number of hydrogen-bond donors (Lipinski definition) is 1. The van der Waals surface area contributed by atoms with Crippen molar-refractivity contribution in [2.45, 2.75) is 53.4 Å². The first-order valence-electron chi connectivity index (χ1n) is 6.26. The van der Waals surface area contributed by atoms with Crippen LogP contribution in [-0.4, -0.2) is 17.4 Å². The fraction of sp³-hybridized carbons (Fsp3) is 0.600. The molecule has 0 spiro atoms. The third kappa shape index (κ3) is 8.74. The van der Waals surface area contributed by atoms with Crippen LogP contribution >= 0.6 is 0 Å². The average molecular weight is 252 g/mol. The zero-order valence-corrected chi connectivity index (χ0v) is 11.8. The van der Waals surface area contributed by atoms with Crippen molar-refractivity contribution < 1.29 is 14.7 Å². The summed E-state index contributed by atoms with van der Waals surface area (Å²) in [6, 6.07) is 0. The molecule has 0 bridgehead atoms. The maximum atomic E-state index is 10.8. The minimum Gasteiger partial charge on any atom is -0.481 e. The van der Waals surface area contributed by atoms with E-state index in [1.165, 1.54) is 5.57 Å². The predicted octanol–water partition coefficient (Wildman–Crippen LogP) is 3.75. The summed E-state index contributed by atoms with van der Waals surface area (Å²) in [4.78, 5) is 21.2. The molecule has 0 atom stereocenters. The van der Waals surface area contributed by atoms with Gasteiger partial charge in [0.2, 0.25) is 0 Å². The van der Waals surface area contributed by atoms with Crippen LogP contribution in [0, 0.1) is 5.41 Å². The molecule has 0 unspecified atom stereocenters. The van der Waals surface area contributed by atoms with E-state index in [0.717, 1.165) is 31.1 Å². The first-order chi connectivity index (χ1) is 8.26. The lowest BCUT2D eigenvalue weighted by atomic mass is 9.90. The number of allylic oxidation sites excluding steroid dienone is 3. The van der Waals surface area contributed by atoms with Gasteiger partial charge in [-0.15, -0.1) is 0 Å². The monoisotopic (exact) mass is 252 g/mol. The summed E-state index contributed by atoms with van der Waals surface area (Å²) < 4.78 is 0. The molecule has 0 rings (SSSR count). The van der Waals surface area contributed by atoms with Crippen LogP contribution in [0.15, 0.2) is 23.3 Å². The first-order valence-corrected chi connectivity index (χ1v) is 6.26. The van der Waals surface area contributed by atoms with Crippen LogP contribution < -0.4 is 0 Å².